The van der Waals surface area contributed by atoms with Crippen LogP contribution in [0.5, 0.6) is 0 Å². The zero-order valence-corrected chi connectivity index (χ0v) is 9.19. The summed E-state index contributed by atoms with van der Waals surface area (Å²) in [6.07, 6.45) is 4.41. The maximum absolute atomic E-state index is 11.4. The second kappa shape index (κ2) is 6.19. The van der Waals surface area contributed by atoms with Crippen molar-refractivity contribution in [1.29, 1.82) is 0 Å². The third-order valence-electron chi connectivity index (χ3n) is 1.92. The SMILES string of the molecule is COCCCNC(=O)Cn1cc(C)cn1. The Bertz CT molecular complexity index is 309. The van der Waals surface area contributed by atoms with Crippen LogP contribution in [0, 0.1) is 6.92 Å². The normalized spacial score (nSPS) is 10.3. The van der Waals surface area contributed by atoms with E-state index in [9.17, 15) is 4.79 Å². The van der Waals surface area contributed by atoms with Crippen LogP contribution in [0.4, 0.5) is 0 Å². The molecule has 0 aromatic carbocycles. The van der Waals surface area contributed by atoms with E-state index < -0.39 is 0 Å². The van der Waals surface area contributed by atoms with Gasteiger partial charge in [0, 0.05) is 26.5 Å². The molecule has 0 spiro atoms. The molecule has 1 heterocycles. The Hall–Kier alpha value is -1.36. The van der Waals surface area contributed by atoms with Crippen LogP contribution in [0.15, 0.2) is 12.4 Å². The number of carbonyl (C=O) groups is 1. The van der Waals surface area contributed by atoms with Gasteiger partial charge in [0.25, 0.3) is 0 Å². The van der Waals surface area contributed by atoms with Crippen LogP contribution in [0.2, 0.25) is 0 Å². The molecule has 5 heteroatoms. The summed E-state index contributed by atoms with van der Waals surface area (Å²) in [5.74, 6) is -0.0193. The van der Waals surface area contributed by atoms with Crippen LogP contribution in [0.25, 0.3) is 0 Å². The summed E-state index contributed by atoms with van der Waals surface area (Å²) in [5.41, 5.74) is 1.06. The number of hydrogen-bond donors (Lipinski definition) is 1. The number of carbonyl (C=O) groups excluding carboxylic acids is 1. The van der Waals surface area contributed by atoms with E-state index in [1.54, 1.807) is 18.0 Å². The van der Waals surface area contributed by atoms with Crippen LogP contribution >= 0.6 is 0 Å². The van der Waals surface area contributed by atoms with Gasteiger partial charge in [-0.2, -0.15) is 5.10 Å². The average Bonchev–Trinajstić information content (AvgIpc) is 2.59. The molecule has 0 radical (unpaired) electrons. The number of amides is 1. The summed E-state index contributed by atoms with van der Waals surface area (Å²) in [6, 6.07) is 0. The Morgan fingerprint density at radius 1 is 1.67 bits per heavy atom. The van der Waals surface area contributed by atoms with Crippen molar-refractivity contribution in [3.63, 3.8) is 0 Å². The minimum Gasteiger partial charge on any atom is -0.385 e. The first kappa shape index (κ1) is 11.7. The fourth-order valence-corrected chi connectivity index (χ4v) is 1.20. The van der Waals surface area contributed by atoms with Crippen LogP contribution in [-0.4, -0.2) is 35.9 Å². The predicted octanol–water partition coefficient (Wildman–Crippen LogP) is 0.344. The number of aryl methyl sites for hydroxylation is 1. The van der Waals surface area contributed by atoms with Gasteiger partial charge in [0.2, 0.25) is 5.91 Å². The van der Waals surface area contributed by atoms with E-state index in [1.807, 2.05) is 13.1 Å². The van der Waals surface area contributed by atoms with Crippen molar-refractivity contribution in [1.82, 2.24) is 15.1 Å². The Balaban J connectivity index is 2.18. The number of rotatable bonds is 6. The lowest BCUT2D eigenvalue weighted by molar-refractivity contribution is -0.121. The molecule has 0 saturated carbocycles. The summed E-state index contributed by atoms with van der Waals surface area (Å²) < 4.78 is 6.50. The molecule has 1 amide bonds. The van der Waals surface area contributed by atoms with Gasteiger partial charge in [-0.15, -0.1) is 0 Å². The van der Waals surface area contributed by atoms with E-state index in [0.717, 1.165) is 12.0 Å². The first-order valence-corrected chi connectivity index (χ1v) is 4.97. The second-order valence-electron chi connectivity index (χ2n) is 3.41. The molecule has 0 fully saturated rings. The quantitative estimate of drug-likeness (QED) is 0.690. The van der Waals surface area contributed by atoms with Crippen molar-refractivity contribution in [2.75, 3.05) is 20.3 Å². The highest BCUT2D eigenvalue weighted by molar-refractivity contribution is 5.75. The summed E-state index contributed by atoms with van der Waals surface area (Å²) in [5, 5.41) is 6.83. The predicted molar refractivity (Wildman–Crippen MR) is 56.5 cm³/mol. The van der Waals surface area contributed by atoms with E-state index in [2.05, 4.69) is 10.4 Å². The minimum absolute atomic E-state index is 0.0193. The molecule has 0 aliphatic heterocycles. The number of ether oxygens (including phenoxy) is 1. The molecule has 0 bridgehead atoms. The maximum atomic E-state index is 11.4. The van der Waals surface area contributed by atoms with Gasteiger partial charge in [-0.05, 0) is 18.9 Å². The number of nitrogens with one attached hydrogen (secondary N) is 1. The van der Waals surface area contributed by atoms with Crippen LogP contribution < -0.4 is 5.32 Å². The number of hydrogen-bond acceptors (Lipinski definition) is 3. The van der Waals surface area contributed by atoms with Crippen molar-refractivity contribution in [2.45, 2.75) is 19.9 Å². The molecule has 0 atom stereocenters. The third kappa shape index (κ3) is 4.60. The molecule has 1 rings (SSSR count). The molecular formula is C10H17N3O2. The standard InChI is InChI=1S/C10H17N3O2/c1-9-6-12-13(7-9)8-10(14)11-4-3-5-15-2/h6-7H,3-5,8H2,1-2H3,(H,11,14). The first-order chi connectivity index (χ1) is 7.22. The largest absolute Gasteiger partial charge is 0.385 e. The topological polar surface area (TPSA) is 56.1 Å². The summed E-state index contributed by atoms with van der Waals surface area (Å²) in [6.45, 7) is 3.54. The molecule has 0 saturated heterocycles. The van der Waals surface area contributed by atoms with Crippen LogP contribution in [0.3, 0.4) is 0 Å². The maximum Gasteiger partial charge on any atom is 0.241 e. The number of nitrogens with zero attached hydrogens (tertiary/aromatic N) is 2. The zero-order chi connectivity index (χ0) is 11.1. The van der Waals surface area contributed by atoms with Gasteiger partial charge in [-0.1, -0.05) is 0 Å². The van der Waals surface area contributed by atoms with Crippen molar-refractivity contribution >= 4 is 5.91 Å². The van der Waals surface area contributed by atoms with Crippen molar-refractivity contribution in [2.24, 2.45) is 0 Å². The highest BCUT2D eigenvalue weighted by Crippen LogP contribution is 1.93. The summed E-state index contributed by atoms with van der Waals surface area (Å²) in [7, 11) is 1.65. The average molecular weight is 211 g/mol. The fourth-order valence-electron chi connectivity index (χ4n) is 1.20. The lowest BCUT2D eigenvalue weighted by Gasteiger charge is -2.04. The lowest BCUT2D eigenvalue weighted by atomic mass is 10.4. The van der Waals surface area contributed by atoms with Gasteiger partial charge in [-0.3, -0.25) is 9.48 Å². The van der Waals surface area contributed by atoms with Crippen LogP contribution in [-0.2, 0) is 16.1 Å². The molecule has 84 valence electrons. The van der Waals surface area contributed by atoms with E-state index in [0.29, 0.717) is 13.2 Å². The molecule has 15 heavy (non-hydrogen) atoms. The molecule has 0 unspecified atom stereocenters. The number of methoxy groups -OCH3 is 1. The fraction of sp³-hybridized carbons (Fsp3) is 0.600. The Kier molecular flexibility index (Phi) is 4.83. The highest BCUT2D eigenvalue weighted by Gasteiger charge is 2.02. The van der Waals surface area contributed by atoms with Gasteiger partial charge in [0.05, 0.1) is 6.20 Å². The molecular weight excluding hydrogens is 194 g/mol. The second-order valence-corrected chi connectivity index (χ2v) is 3.41. The molecule has 1 N–H and O–H groups in total. The number of aromatic nitrogens is 2. The Labute approximate surface area is 89.4 Å². The van der Waals surface area contributed by atoms with Crippen molar-refractivity contribution in [3.05, 3.63) is 18.0 Å². The van der Waals surface area contributed by atoms with E-state index in [4.69, 9.17) is 4.74 Å². The van der Waals surface area contributed by atoms with Gasteiger partial charge in [0.1, 0.15) is 6.54 Å². The van der Waals surface area contributed by atoms with Crippen LogP contribution in [0.1, 0.15) is 12.0 Å². The Morgan fingerprint density at radius 3 is 3.07 bits per heavy atom. The highest BCUT2D eigenvalue weighted by atomic mass is 16.5. The lowest BCUT2D eigenvalue weighted by Crippen LogP contribution is -2.29. The zero-order valence-electron chi connectivity index (χ0n) is 9.19. The van der Waals surface area contributed by atoms with Gasteiger partial charge < -0.3 is 10.1 Å². The van der Waals surface area contributed by atoms with Crippen molar-refractivity contribution < 1.29 is 9.53 Å². The van der Waals surface area contributed by atoms with E-state index in [-0.39, 0.29) is 12.5 Å². The molecule has 0 aliphatic rings. The minimum atomic E-state index is -0.0193. The molecule has 5 nitrogen and oxygen atoms in total. The van der Waals surface area contributed by atoms with Gasteiger partial charge in [0.15, 0.2) is 0 Å². The van der Waals surface area contributed by atoms with Gasteiger partial charge in [-0.25, -0.2) is 0 Å². The summed E-state index contributed by atoms with van der Waals surface area (Å²) >= 11 is 0. The first-order valence-electron chi connectivity index (χ1n) is 4.97. The molecule has 1 aromatic heterocycles. The Morgan fingerprint density at radius 2 is 2.47 bits per heavy atom. The van der Waals surface area contributed by atoms with E-state index in [1.165, 1.54) is 0 Å². The molecule has 0 aliphatic carbocycles. The third-order valence-corrected chi connectivity index (χ3v) is 1.92. The molecule has 1 aromatic rings. The van der Waals surface area contributed by atoms with Gasteiger partial charge >= 0.3 is 0 Å². The smallest absolute Gasteiger partial charge is 0.241 e. The van der Waals surface area contributed by atoms with Crippen molar-refractivity contribution in [3.8, 4) is 0 Å². The van der Waals surface area contributed by atoms with E-state index >= 15 is 0 Å². The summed E-state index contributed by atoms with van der Waals surface area (Å²) in [4.78, 5) is 11.4. The monoisotopic (exact) mass is 211 g/mol.